The number of hydrogen-bond acceptors (Lipinski definition) is 3. The largest absolute Gasteiger partial charge is 0 e. The summed E-state index contributed by atoms with van der Waals surface area (Å²) in [7, 11) is 8.35. The normalized spacial score (nSPS) is 22.3. The molecule has 2 atom stereocenters. The van der Waals surface area contributed by atoms with E-state index in [0.717, 1.165) is 25.1 Å². The van der Waals surface area contributed by atoms with Crippen LogP contribution < -0.4 is 0 Å². The molecule has 2 bridgehead atoms. The molecule has 0 radical (unpaired) electrons. The number of nitrogens with zero attached hydrogens (tertiary/aromatic N) is 2. The molecule has 0 aromatic rings. The van der Waals surface area contributed by atoms with Crippen molar-refractivity contribution in [2.45, 2.75) is 26.7 Å². The maximum Gasteiger partial charge on any atom is 0 e. The number of fused-ring (bicyclic) bond motifs is 2. The molecule has 5 nitrogen and oxygen atoms in total. The Balaban J connectivity index is -0.000000305. The molecular weight excluding hydrogens is 388 g/mol. The van der Waals surface area contributed by atoms with E-state index in [4.69, 9.17) is 9.30 Å². The maximum atomic E-state index is 11.2. The first kappa shape index (κ1) is 28.3. The predicted molar refractivity (Wildman–Crippen MR) is 89.1 cm³/mol. The third-order valence-electron chi connectivity index (χ3n) is 4.68. The number of likely N-dealkylation sites (N-methyl/N-ethyl adjacent to an activating group) is 2. The first-order chi connectivity index (χ1) is 10.7. The fourth-order valence-electron chi connectivity index (χ4n) is 2.90. The van der Waals surface area contributed by atoms with Gasteiger partial charge in [0.2, 0.25) is 0 Å². The Bertz CT molecular complexity index is 414. The molecule has 0 amide bonds. The molecule has 0 aromatic carbocycles. The van der Waals surface area contributed by atoms with Gasteiger partial charge < -0.3 is 9.80 Å². The molecule has 0 aliphatic heterocycles. The Hall–Kier alpha value is -0.502. The number of ketones is 1. The molecule has 24 heavy (non-hydrogen) atoms. The fourth-order valence-corrected chi connectivity index (χ4v) is 2.90. The van der Waals surface area contributed by atoms with E-state index in [1.165, 1.54) is 6.42 Å². The molecular formula is C18H30MoN2O3. The molecule has 3 fully saturated rings. The summed E-state index contributed by atoms with van der Waals surface area (Å²) in [6, 6.07) is 0. The summed E-state index contributed by atoms with van der Waals surface area (Å²) in [5.41, 5.74) is 1.25. The number of carbonyl (C=O) groups is 1. The molecule has 0 unspecified atom stereocenters. The van der Waals surface area contributed by atoms with Crippen molar-refractivity contribution >= 4 is 5.78 Å². The van der Waals surface area contributed by atoms with E-state index in [0.29, 0.717) is 23.0 Å². The summed E-state index contributed by atoms with van der Waals surface area (Å²) < 4.78 is 15.0. The van der Waals surface area contributed by atoms with Crippen LogP contribution in [0.15, 0.2) is 12.2 Å². The monoisotopic (exact) mass is 420 g/mol. The number of carbonyl (C=O) groups excluding carboxylic acids is 1. The van der Waals surface area contributed by atoms with Gasteiger partial charge in [-0.1, -0.05) is 20.4 Å². The van der Waals surface area contributed by atoms with Crippen LogP contribution in [-0.4, -0.2) is 56.9 Å². The fraction of sp³-hybridized carbons (Fsp3) is 0.722. The van der Waals surface area contributed by atoms with E-state index in [2.05, 4.69) is 71.7 Å². The summed E-state index contributed by atoms with van der Waals surface area (Å²) in [6.45, 7) is 19.7. The molecule has 3 aliphatic rings. The molecule has 6 heteroatoms. The van der Waals surface area contributed by atoms with Crippen LogP contribution in [0.4, 0.5) is 0 Å². The number of rotatable bonds is 3. The van der Waals surface area contributed by atoms with Crippen molar-refractivity contribution in [3.8, 4) is 0 Å². The summed E-state index contributed by atoms with van der Waals surface area (Å²) >= 11 is 0. The van der Waals surface area contributed by atoms with Crippen LogP contribution in [0.2, 0.25) is 0 Å². The summed E-state index contributed by atoms with van der Waals surface area (Å²) in [5, 5.41) is 0. The Labute approximate surface area is 161 Å². The molecule has 0 saturated heterocycles. The van der Waals surface area contributed by atoms with Crippen molar-refractivity contribution in [1.29, 1.82) is 0 Å². The minimum Gasteiger partial charge on any atom is 0 e. The second kappa shape index (κ2) is 13.8. The molecule has 3 rings (SSSR count). The van der Waals surface area contributed by atoms with E-state index in [1.54, 1.807) is 0 Å². The third-order valence-corrected chi connectivity index (χ3v) is 4.68. The average Bonchev–Trinajstić information content (AvgIpc) is 2.52. The SMILES string of the molecule is C=C1C(=O)C[C@H]2C[C@@H]1C2(C)C.CN(C)CCN(C)C.[C-]#[O+].[C-]#[O+].[Mo]. The first-order valence-corrected chi connectivity index (χ1v) is 7.58. The Morgan fingerprint density at radius 3 is 1.67 bits per heavy atom. The minimum absolute atomic E-state index is 0. The van der Waals surface area contributed by atoms with Crippen molar-refractivity contribution in [2.24, 2.45) is 17.3 Å². The zero-order valence-corrected chi connectivity index (χ0v) is 17.7. The van der Waals surface area contributed by atoms with Crippen LogP contribution in [0.3, 0.4) is 0 Å². The molecule has 0 spiro atoms. The molecule has 3 saturated carbocycles. The van der Waals surface area contributed by atoms with Gasteiger partial charge in [-0.15, -0.1) is 0 Å². The topological polar surface area (TPSA) is 63.4 Å². The smallest absolute Gasteiger partial charge is 0 e. The van der Waals surface area contributed by atoms with Gasteiger partial charge in [0, 0.05) is 40.6 Å². The van der Waals surface area contributed by atoms with Gasteiger partial charge >= 0.3 is 22.6 Å². The molecule has 0 N–H and O–H groups in total. The zero-order chi connectivity index (χ0) is 18.8. The van der Waals surface area contributed by atoms with Crippen LogP contribution in [0.1, 0.15) is 26.7 Å². The van der Waals surface area contributed by atoms with E-state index >= 15 is 0 Å². The van der Waals surface area contributed by atoms with E-state index in [1.807, 2.05) is 0 Å². The number of allylic oxidation sites excluding steroid dienone is 1. The van der Waals surface area contributed by atoms with Gasteiger partial charge in [0.05, 0.1) is 0 Å². The van der Waals surface area contributed by atoms with Gasteiger partial charge in [0.25, 0.3) is 0 Å². The average molecular weight is 418 g/mol. The summed E-state index contributed by atoms with van der Waals surface area (Å²) in [6.07, 6.45) is 1.96. The second-order valence-corrected chi connectivity index (χ2v) is 7.07. The Morgan fingerprint density at radius 2 is 1.46 bits per heavy atom. The quantitative estimate of drug-likeness (QED) is 0.306. The van der Waals surface area contributed by atoms with Gasteiger partial charge in [0.1, 0.15) is 0 Å². The van der Waals surface area contributed by atoms with Gasteiger partial charge in [-0.3, -0.25) is 4.79 Å². The number of Topliss-reactive ketones (excluding diaryl/α,β-unsaturated/α-hetero) is 1. The summed E-state index contributed by atoms with van der Waals surface area (Å²) in [5.74, 6) is 1.45. The van der Waals surface area contributed by atoms with E-state index in [9.17, 15) is 4.79 Å². The van der Waals surface area contributed by atoms with Crippen LogP contribution >= 0.6 is 0 Å². The van der Waals surface area contributed by atoms with Crippen molar-refractivity contribution in [3.05, 3.63) is 25.5 Å². The standard InChI is InChI=1S/C10H14O.C6H16N2.2CO.Mo/c1-6-8-4-7(5-9(6)11)10(8,2)3;1-7(2)5-6-8(3)4;2*1-2;/h7-8H,1,4-5H2,2-3H3;5-6H2,1-4H3;;;/t7-,8+;;;;/m1..../s1. The van der Waals surface area contributed by atoms with Crippen molar-refractivity contribution < 1.29 is 35.2 Å². The van der Waals surface area contributed by atoms with Crippen molar-refractivity contribution in [2.75, 3.05) is 41.3 Å². The van der Waals surface area contributed by atoms with E-state index in [-0.39, 0.29) is 21.1 Å². The minimum atomic E-state index is 0. The molecule has 3 aliphatic carbocycles. The Kier molecular flexibility index (Phi) is 16.2. The summed E-state index contributed by atoms with van der Waals surface area (Å²) in [4.78, 5) is 15.6. The van der Waals surface area contributed by atoms with Crippen LogP contribution in [0.25, 0.3) is 0 Å². The van der Waals surface area contributed by atoms with Crippen LogP contribution in [0.5, 0.6) is 0 Å². The van der Waals surface area contributed by atoms with Gasteiger partial charge in [0.15, 0.2) is 5.78 Å². The second-order valence-electron chi connectivity index (χ2n) is 7.07. The predicted octanol–water partition coefficient (Wildman–Crippen LogP) is 2.21. The van der Waals surface area contributed by atoms with Gasteiger partial charge in [-0.2, -0.15) is 0 Å². The Morgan fingerprint density at radius 1 is 1.08 bits per heavy atom. The third kappa shape index (κ3) is 8.55. The zero-order valence-electron chi connectivity index (χ0n) is 15.7. The van der Waals surface area contributed by atoms with Crippen molar-refractivity contribution in [1.82, 2.24) is 9.80 Å². The number of hydrogen-bond donors (Lipinski definition) is 0. The van der Waals surface area contributed by atoms with E-state index < -0.39 is 0 Å². The maximum absolute atomic E-state index is 11.2. The van der Waals surface area contributed by atoms with Gasteiger partial charge in [-0.05, 0) is 57.4 Å². The molecule has 136 valence electrons. The molecule has 0 heterocycles. The first-order valence-electron chi connectivity index (χ1n) is 7.58. The van der Waals surface area contributed by atoms with Crippen molar-refractivity contribution in [3.63, 3.8) is 0 Å². The van der Waals surface area contributed by atoms with Crippen LogP contribution in [0, 0.1) is 30.6 Å². The van der Waals surface area contributed by atoms with Gasteiger partial charge in [-0.25, -0.2) is 0 Å². The van der Waals surface area contributed by atoms with Crippen LogP contribution in [-0.2, 0) is 35.2 Å². The molecule has 0 aromatic heterocycles.